The van der Waals surface area contributed by atoms with Crippen LogP contribution in [0.5, 0.6) is 0 Å². The summed E-state index contributed by atoms with van der Waals surface area (Å²) >= 11 is 0. The molecule has 2 rings (SSSR count). The monoisotopic (exact) mass is 236 g/mol. The minimum absolute atomic E-state index is 0.272. The van der Waals surface area contributed by atoms with E-state index >= 15 is 0 Å². The molecule has 4 atom stereocenters. The maximum Gasteiger partial charge on any atom is 0.136 e. The summed E-state index contributed by atoms with van der Waals surface area (Å²) in [6, 6.07) is 0. The van der Waals surface area contributed by atoms with E-state index in [0.717, 1.165) is 19.3 Å². The van der Waals surface area contributed by atoms with E-state index in [-0.39, 0.29) is 17.1 Å². The Morgan fingerprint density at radius 3 is 2.53 bits per heavy atom. The lowest BCUT2D eigenvalue weighted by atomic mass is 9.88. The van der Waals surface area contributed by atoms with Gasteiger partial charge in [-0.3, -0.25) is 4.79 Å². The molecular weight excluding hydrogens is 212 g/mol. The van der Waals surface area contributed by atoms with E-state index in [0.29, 0.717) is 30.0 Å². The van der Waals surface area contributed by atoms with Crippen molar-refractivity contribution < 1.29 is 9.59 Å². The van der Waals surface area contributed by atoms with E-state index in [2.05, 4.69) is 20.8 Å². The first-order chi connectivity index (χ1) is 7.85. The van der Waals surface area contributed by atoms with Gasteiger partial charge in [0, 0.05) is 18.8 Å². The molecule has 2 heteroatoms. The predicted octanol–water partition coefficient (Wildman–Crippen LogP) is 3.24. The number of ketones is 2. The molecule has 0 saturated heterocycles. The average Bonchev–Trinajstić information content (AvgIpc) is 2.57. The van der Waals surface area contributed by atoms with Crippen molar-refractivity contribution in [3.8, 4) is 0 Å². The van der Waals surface area contributed by atoms with E-state index in [1.165, 1.54) is 0 Å². The summed E-state index contributed by atoms with van der Waals surface area (Å²) in [5.74, 6) is 2.70. The number of hydrogen-bond donors (Lipinski definition) is 0. The molecule has 0 bridgehead atoms. The van der Waals surface area contributed by atoms with Crippen LogP contribution in [0, 0.1) is 29.1 Å². The lowest BCUT2D eigenvalue weighted by molar-refractivity contribution is -0.122. The summed E-state index contributed by atoms with van der Waals surface area (Å²) in [6.07, 6.45) is 3.50. The van der Waals surface area contributed by atoms with Crippen LogP contribution < -0.4 is 0 Å². The molecule has 0 aliphatic heterocycles. The summed E-state index contributed by atoms with van der Waals surface area (Å²) in [4.78, 5) is 23.0. The Bertz CT molecular complexity index is 343. The van der Waals surface area contributed by atoms with Crippen LogP contribution in [0.15, 0.2) is 0 Å². The minimum atomic E-state index is 0.272. The SMILES string of the molecule is CC(=O)CC[C@@H]1[C@H]([C@@H]2C(=O)CC[C@H]2C)C1(C)C. The highest BCUT2D eigenvalue weighted by atomic mass is 16.1. The number of rotatable bonds is 4. The van der Waals surface area contributed by atoms with Crippen molar-refractivity contribution >= 4 is 11.6 Å². The zero-order chi connectivity index (χ0) is 12.8. The summed E-state index contributed by atoms with van der Waals surface area (Å²) in [7, 11) is 0. The normalized spacial score (nSPS) is 39.4. The predicted molar refractivity (Wildman–Crippen MR) is 67.6 cm³/mol. The van der Waals surface area contributed by atoms with Gasteiger partial charge in [-0.05, 0) is 42.9 Å². The van der Waals surface area contributed by atoms with E-state index in [4.69, 9.17) is 0 Å². The van der Waals surface area contributed by atoms with Crippen LogP contribution in [0.25, 0.3) is 0 Å². The highest BCUT2D eigenvalue weighted by Gasteiger charge is 2.62. The third kappa shape index (κ3) is 2.19. The molecule has 0 heterocycles. The molecule has 0 aromatic rings. The van der Waals surface area contributed by atoms with Gasteiger partial charge in [0.15, 0.2) is 0 Å². The Hall–Kier alpha value is -0.660. The van der Waals surface area contributed by atoms with Gasteiger partial charge < -0.3 is 4.79 Å². The molecule has 0 spiro atoms. The Labute approximate surface area is 104 Å². The van der Waals surface area contributed by atoms with Crippen LogP contribution in [0.1, 0.15) is 53.4 Å². The van der Waals surface area contributed by atoms with E-state index in [1.54, 1.807) is 6.92 Å². The van der Waals surface area contributed by atoms with E-state index < -0.39 is 0 Å². The molecule has 0 aromatic heterocycles. The first kappa shape index (κ1) is 12.8. The van der Waals surface area contributed by atoms with Crippen molar-refractivity contribution in [2.45, 2.75) is 53.4 Å². The number of hydrogen-bond acceptors (Lipinski definition) is 2. The average molecular weight is 236 g/mol. The lowest BCUT2D eigenvalue weighted by Crippen LogP contribution is -2.18. The Morgan fingerprint density at radius 1 is 1.41 bits per heavy atom. The van der Waals surface area contributed by atoms with Gasteiger partial charge in [0.05, 0.1) is 0 Å². The van der Waals surface area contributed by atoms with Gasteiger partial charge in [-0.25, -0.2) is 0 Å². The van der Waals surface area contributed by atoms with Crippen molar-refractivity contribution in [2.75, 3.05) is 0 Å². The maximum atomic E-state index is 12.0. The molecule has 0 unspecified atom stereocenters. The van der Waals surface area contributed by atoms with Crippen molar-refractivity contribution in [3.05, 3.63) is 0 Å². The fourth-order valence-electron chi connectivity index (χ4n) is 4.00. The third-order valence-electron chi connectivity index (χ3n) is 5.16. The summed E-state index contributed by atoms with van der Waals surface area (Å²) < 4.78 is 0. The second-order valence-electron chi connectivity index (χ2n) is 6.70. The topological polar surface area (TPSA) is 34.1 Å². The van der Waals surface area contributed by atoms with Gasteiger partial charge in [0.25, 0.3) is 0 Å². The van der Waals surface area contributed by atoms with Crippen molar-refractivity contribution in [2.24, 2.45) is 29.1 Å². The fourth-order valence-corrected chi connectivity index (χ4v) is 4.00. The zero-order valence-electron chi connectivity index (χ0n) is 11.5. The Kier molecular flexibility index (Phi) is 3.17. The molecule has 2 aliphatic rings. The van der Waals surface area contributed by atoms with Gasteiger partial charge in [-0.1, -0.05) is 20.8 Å². The molecule has 2 fully saturated rings. The minimum Gasteiger partial charge on any atom is -0.300 e. The van der Waals surface area contributed by atoms with E-state index in [1.807, 2.05) is 0 Å². The van der Waals surface area contributed by atoms with Gasteiger partial charge in [-0.2, -0.15) is 0 Å². The Balaban J connectivity index is 2.02. The number of carbonyl (C=O) groups excluding carboxylic acids is 2. The van der Waals surface area contributed by atoms with Crippen LogP contribution >= 0.6 is 0 Å². The molecular formula is C15H24O2. The Morgan fingerprint density at radius 2 is 2.06 bits per heavy atom. The van der Waals surface area contributed by atoms with Crippen molar-refractivity contribution in [3.63, 3.8) is 0 Å². The maximum absolute atomic E-state index is 12.0. The molecule has 2 saturated carbocycles. The summed E-state index contributed by atoms with van der Waals surface area (Å²) in [6.45, 7) is 8.40. The molecule has 0 aromatic carbocycles. The van der Waals surface area contributed by atoms with Gasteiger partial charge >= 0.3 is 0 Å². The number of Topliss-reactive ketones (excluding diaryl/α,β-unsaturated/α-hetero) is 2. The van der Waals surface area contributed by atoms with Crippen molar-refractivity contribution in [1.29, 1.82) is 0 Å². The molecule has 2 aliphatic carbocycles. The van der Waals surface area contributed by atoms with E-state index in [9.17, 15) is 9.59 Å². The highest BCUT2D eigenvalue weighted by Crippen LogP contribution is 2.66. The molecule has 17 heavy (non-hydrogen) atoms. The largest absolute Gasteiger partial charge is 0.300 e. The molecule has 96 valence electrons. The first-order valence-corrected chi connectivity index (χ1v) is 6.88. The van der Waals surface area contributed by atoms with Crippen LogP contribution in [-0.4, -0.2) is 11.6 Å². The van der Waals surface area contributed by atoms with Gasteiger partial charge in [0.1, 0.15) is 11.6 Å². The summed E-state index contributed by atoms with van der Waals surface area (Å²) in [5, 5.41) is 0. The van der Waals surface area contributed by atoms with Crippen LogP contribution in [0.4, 0.5) is 0 Å². The molecule has 0 amide bonds. The summed E-state index contributed by atoms with van der Waals surface area (Å²) in [5.41, 5.74) is 0.272. The zero-order valence-corrected chi connectivity index (χ0v) is 11.5. The van der Waals surface area contributed by atoms with Crippen molar-refractivity contribution in [1.82, 2.24) is 0 Å². The van der Waals surface area contributed by atoms with Crippen LogP contribution in [0.2, 0.25) is 0 Å². The second-order valence-corrected chi connectivity index (χ2v) is 6.70. The molecule has 0 N–H and O–H groups in total. The van der Waals surface area contributed by atoms with Gasteiger partial charge in [-0.15, -0.1) is 0 Å². The highest BCUT2D eigenvalue weighted by molar-refractivity contribution is 5.84. The first-order valence-electron chi connectivity index (χ1n) is 6.88. The molecule has 2 nitrogen and oxygen atoms in total. The standard InChI is InChI=1S/C15H24O2/c1-9-5-8-12(17)13(9)14-11(15(14,3)4)7-6-10(2)16/h9,11,13-14H,5-8H2,1-4H3/t9-,11-,13+,14-/m1/s1. The fraction of sp³-hybridized carbons (Fsp3) is 0.867. The smallest absolute Gasteiger partial charge is 0.136 e. The number of carbonyl (C=O) groups is 2. The lowest BCUT2D eigenvalue weighted by Gasteiger charge is -2.15. The quantitative estimate of drug-likeness (QED) is 0.751. The third-order valence-corrected chi connectivity index (χ3v) is 5.16. The second kappa shape index (κ2) is 4.22. The van der Waals surface area contributed by atoms with Crippen LogP contribution in [-0.2, 0) is 9.59 Å². The van der Waals surface area contributed by atoms with Gasteiger partial charge in [0.2, 0.25) is 0 Å². The molecule has 0 radical (unpaired) electrons. The van der Waals surface area contributed by atoms with Crippen LogP contribution in [0.3, 0.4) is 0 Å².